The normalized spacial score (nSPS) is 21.8. The van der Waals surface area contributed by atoms with Gasteiger partial charge in [0, 0.05) is 56.9 Å². The number of nitrogens with one attached hydrogen (secondary N) is 1. The summed E-state index contributed by atoms with van der Waals surface area (Å²) in [7, 11) is 0. The van der Waals surface area contributed by atoms with Crippen LogP contribution in [0, 0.1) is 13.8 Å². The molecule has 2 fully saturated rings. The fourth-order valence-corrected chi connectivity index (χ4v) is 5.31. The molecule has 2 aliphatic rings. The monoisotopic (exact) mass is 457 g/mol. The third-order valence-corrected chi connectivity index (χ3v) is 7.00. The van der Waals surface area contributed by atoms with Crippen LogP contribution in [-0.2, 0) is 11.3 Å². The van der Waals surface area contributed by atoms with E-state index in [1.165, 1.54) is 17.0 Å². The number of aliphatic hydroxyl groups excluding tert-OH is 1. The maximum atomic E-state index is 9.44. The Hall–Kier alpha value is -2.00. The first-order chi connectivity index (χ1) is 15.6. The number of thiocarbonyl (C=S) groups is 1. The summed E-state index contributed by atoms with van der Waals surface area (Å²) < 4.78 is 7.91. The maximum Gasteiger partial charge on any atom is 0.170 e. The minimum atomic E-state index is -0.00954. The first-order valence-electron chi connectivity index (χ1n) is 11.7. The van der Waals surface area contributed by atoms with Gasteiger partial charge < -0.3 is 24.6 Å². The first-order valence-corrected chi connectivity index (χ1v) is 12.1. The molecule has 2 atom stereocenters. The van der Waals surface area contributed by atoms with E-state index in [0.29, 0.717) is 6.42 Å². The Balaban J connectivity index is 1.56. The SMILES string of the molecule is Cc1cc([C@@H]2[C@H](c3ccccn3)NC(=S)N2CCCO)c(C)n1CCCN1CCOCC1. The van der Waals surface area contributed by atoms with E-state index >= 15 is 0 Å². The highest BCUT2D eigenvalue weighted by Gasteiger charge is 2.40. The molecule has 2 N–H and O–H groups in total. The zero-order valence-corrected chi connectivity index (χ0v) is 20.0. The third-order valence-electron chi connectivity index (χ3n) is 6.65. The fraction of sp³-hybridized carbons (Fsp3) is 0.583. The number of rotatable bonds is 9. The second-order valence-electron chi connectivity index (χ2n) is 8.68. The highest BCUT2D eigenvalue weighted by atomic mass is 32.1. The van der Waals surface area contributed by atoms with Crippen molar-refractivity contribution >= 4 is 17.3 Å². The summed E-state index contributed by atoms with van der Waals surface area (Å²) in [6.07, 6.45) is 3.64. The lowest BCUT2D eigenvalue weighted by molar-refractivity contribution is 0.0369. The lowest BCUT2D eigenvalue weighted by Gasteiger charge is -2.28. The van der Waals surface area contributed by atoms with Crippen molar-refractivity contribution in [2.75, 3.05) is 46.0 Å². The molecule has 4 heterocycles. The van der Waals surface area contributed by atoms with Crippen molar-refractivity contribution in [3.63, 3.8) is 0 Å². The van der Waals surface area contributed by atoms with Gasteiger partial charge in [-0.2, -0.15) is 0 Å². The van der Waals surface area contributed by atoms with Crippen LogP contribution in [-0.4, -0.2) is 75.6 Å². The van der Waals surface area contributed by atoms with Gasteiger partial charge in [0.1, 0.15) is 0 Å². The van der Waals surface area contributed by atoms with Gasteiger partial charge in [0.25, 0.3) is 0 Å². The molecular formula is C24H35N5O2S. The zero-order chi connectivity index (χ0) is 22.5. The molecule has 7 nitrogen and oxygen atoms in total. The van der Waals surface area contributed by atoms with Crippen molar-refractivity contribution < 1.29 is 9.84 Å². The minimum absolute atomic E-state index is 0.00954. The van der Waals surface area contributed by atoms with E-state index < -0.39 is 0 Å². The average Bonchev–Trinajstić information content (AvgIpc) is 3.29. The van der Waals surface area contributed by atoms with E-state index in [0.717, 1.165) is 63.2 Å². The van der Waals surface area contributed by atoms with E-state index in [2.05, 4.69) is 50.6 Å². The van der Waals surface area contributed by atoms with Gasteiger partial charge in [0.2, 0.25) is 0 Å². The van der Waals surface area contributed by atoms with Crippen LogP contribution in [0.15, 0.2) is 30.5 Å². The van der Waals surface area contributed by atoms with Crippen LogP contribution in [0.25, 0.3) is 0 Å². The molecule has 2 aromatic heterocycles. The summed E-state index contributed by atoms with van der Waals surface area (Å²) in [5, 5.41) is 13.7. The molecule has 2 aliphatic heterocycles. The summed E-state index contributed by atoms with van der Waals surface area (Å²) >= 11 is 5.72. The van der Waals surface area contributed by atoms with Crippen LogP contribution in [0.5, 0.6) is 0 Å². The summed E-state index contributed by atoms with van der Waals surface area (Å²) in [4.78, 5) is 9.34. The van der Waals surface area contributed by atoms with E-state index in [4.69, 9.17) is 17.0 Å². The molecule has 0 spiro atoms. The molecule has 2 aromatic rings. The molecule has 0 aromatic carbocycles. The maximum absolute atomic E-state index is 9.44. The fourth-order valence-electron chi connectivity index (χ4n) is 4.97. The summed E-state index contributed by atoms with van der Waals surface area (Å²) in [5.41, 5.74) is 4.84. The van der Waals surface area contributed by atoms with Crippen molar-refractivity contribution in [3.05, 3.63) is 53.1 Å². The lowest BCUT2D eigenvalue weighted by Crippen LogP contribution is -2.37. The number of ether oxygens (including phenoxy) is 1. The Bertz CT molecular complexity index is 897. The van der Waals surface area contributed by atoms with E-state index in [1.807, 2.05) is 18.3 Å². The predicted octanol–water partition coefficient (Wildman–Crippen LogP) is 2.58. The first kappa shape index (κ1) is 23.2. The Morgan fingerprint density at radius 1 is 1.16 bits per heavy atom. The highest BCUT2D eigenvalue weighted by molar-refractivity contribution is 7.80. The zero-order valence-electron chi connectivity index (χ0n) is 19.2. The number of aliphatic hydroxyl groups is 1. The summed E-state index contributed by atoms with van der Waals surface area (Å²) in [6, 6.07) is 8.38. The summed E-state index contributed by atoms with van der Waals surface area (Å²) in [5.74, 6) is 0. The Morgan fingerprint density at radius 3 is 2.69 bits per heavy atom. The minimum Gasteiger partial charge on any atom is -0.396 e. The lowest BCUT2D eigenvalue weighted by atomic mass is 9.96. The molecule has 8 heteroatoms. The van der Waals surface area contributed by atoms with Crippen LogP contribution in [0.1, 0.15) is 47.6 Å². The smallest absolute Gasteiger partial charge is 0.170 e. The number of aryl methyl sites for hydroxylation is 1. The molecule has 32 heavy (non-hydrogen) atoms. The number of pyridine rings is 1. The third kappa shape index (κ3) is 4.98. The van der Waals surface area contributed by atoms with Gasteiger partial charge in [-0.15, -0.1) is 0 Å². The quantitative estimate of drug-likeness (QED) is 0.561. The van der Waals surface area contributed by atoms with Crippen LogP contribution in [0.2, 0.25) is 0 Å². The number of hydrogen-bond donors (Lipinski definition) is 2. The number of morpholine rings is 1. The molecule has 0 unspecified atom stereocenters. The van der Waals surface area contributed by atoms with Crippen molar-refractivity contribution in [1.82, 2.24) is 24.7 Å². The molecule has 4 rings (SSSR count). The molecule has 0 aliphatic carbocycles. The van der Waals surface area contributed by atoms with Gasteiger partial charge in [-0.05, 0) is 62.7 Å². The molecule has 0 amide bonds. The van der Waals surface area contributed by atoms with Gasteiger partial charge in [-0.1, -0.05) is 6.07 Å². The number of nitrogens with zero attached hydrogens (tertiary/aromatic N) is 4. The molecule has 0 saturated carbocycles. The Morgan fingerprint density at radius 2 is 1.97 bits per heavy atom. The van der Waals surface area contributed by atoms with E-state index in [1.54, 1.807) is 0 Å². The largest absolute Gasteiger partial charge is 0.396 e. The van der Waals surface area contributed by atoms with Crippen LogP contribution in [0.4, 0.5) is 0 Å². The van der Waals surface area contributed by atoms with E-state index in [-0.39, 0.29) is 18.7 Å². The van der Waals surface area contributed by atoms with E-state index in [9.17, 15) is 5.11 Å². The van der Waals surface area contributed by atoms with Crippen LogP contribution in [0.3, 0.4) is 0 Å². The van der Waals surface area contributed by atoms with Crippen LogP contribution < -0.4 is 5.32 Å². The molecule has 0 radical (unpaired) electrons. The predicted molar refractivity (Wildman–Crippen MR) is 130 cm³/mol. The standard InChI is InChI=1S/C24H35N5O2S/c1-18-17-20(19(2)28(18)10-5-9-27-12-15-31-16-13-27)23-22(21-7-3-4-8-25-21)26-24(32)29(23)11-6-14-30/h3-4,7-8,17,22-23,30H,5-6,9-16H2,1-2H3,(H,26,32)/t22-,23+/m0/s1. The van der Waals surface area contributed by atoms with Crippen molar-refractivity contribution in [2.24, 2.45) is 0 Å². The van der Waals surface area contributed by atoms with Crippen molar-refractivity contribution in [3.8, 4) is 0 Å². The molecule has 0 bridgehead atoms. The van der Waals surface area contributed by atoms with Gasteiger partial charge in [0.15, 0.2) is 5.11 Å². The van der Waals surface area contributed by atoms with Gasteiger partial charge in [0.05, 0.1) is 31.0 Å². The van der Waals surface area contributed by atoms with Gasteiger partial charge in [-0.3, -0.25) is 9.88 Å². The Labute approximate surface area is 196 Å². The van der Waals surface area contributed by atoms with Gasteiger partial charge >= 0.3 is 0 Å². The molecular weight excluding hydrogens is 422 g/mol. The Kier molecular flexibility index (Phi) is 7.78. The van der Waals surface area contributed by atoms with Crippen molar-refractivity contribution in [2.45, 2.75) is 45.3 Å². The van der Waals surface area contributed by atoms with Crippen molar-refractivity contribution in [1.29, 1.82) is 0 Å². The van der Waals surface area contributed by atoms with Gasteiger partial charge in [-0.25, -0.2) is 0 Å². The average molecular weight is 458 g/mol. The summed E-state index contributed by atoms with van der Waals surface area (Å²) in [6.45, 7) is 11.2. The van der Waals surface area contributed by atoms with Crippen LogP contribution >= 0.6 is 12.2 Å². The topological polar surface area (TPSA) is 65.8 Å². The number of hydrogen-bond acceptors (Lipinski definition) is 5. The second-order valence-corrected chi connectivity index (χ2v) is 9.07. The highest BCUT2D eigenvalue weighted by Crippen LogP contribution is 2.40. The second kappa shape index (κ2) is 10.7. The molecule has 174 valence electrons. The molecule has 2 saturated heterocycles. The number of aromatic nitrogens is 2.